The van der Waals surface area contributed by atoms with Gasteiger partial charge >= 0.3 is 0 Å². The van der Waals surface area contributed by atoms with Gasteiger partial charge in [0.25, 0.3) is 0 Å². The Morgan fingerprint density at radius 2 is 2.06 bits per heavy atom. The van der Waals surface area contributed by atoms with Gasteiger partial charge in [0.1, 0.15) is 0 Å². The summed E-state index contributed by atoms with van der Waals surface area (Å²) in [5.41, 5.74) is 0.475. The number of thioether (sulfide) groups is 1. The SMILES string of the molecule is CCSCCC(C)N1CCNC2(CCCCC2)C1. The topological polar surface area (TPSA) is 15.3 Å². The first-order valence-corrected chi connectivity index (χ1v) is 8.98. The van der Waals surface area contributed by atoms with E-state index in [9.17, 15) is 0 Å². The quantitative estimate of drug-likeness (QED) is 0.773. The third kappa shape index (κ3) is 3.88. The highest BCUT2D eigenvalue weighted by Crippen LogP contribution is 2.31. The molecule has 0 amide bonds. The van der Waals surface area contributed by atoms with Gasteiger partial charge in [-0.05, 0) is 37.7 Å². The molecule has 1 unspecified atom stereocenters. The molecular formula is C15H30N2S. The van der Waals surface area contributed by atoms with Crippen LogP contribution in [0.2, 0.25) is 0 Å². The lowest BCUT2D eigenvalue weighted by atomic mass is 9.80. The van der Waals surface area contributed by atoms with Crippen LogP contribution in [-0.4, -0.2) is 47.6 Å². The van der Waals surface area contributed by atoms with Crippen molar-refractivity contribution in [2.75, 3.05) is 31.1 Å². The van der Waals surface area contributed by atoms with Crippen LogP contribution in [0.4, 0.5) is 0 Å². The molecule has 1 saturated carbocycles. The zero-order valence-electron chi connectivity index (χ0n) is 12.2. The average Bonchev–Trinajstić information content (AvgIpc) is 2.40. The Kier molecular flexibility index (Phi) is 5.84. The van der Waals surface area contributed by atoms with E-state index in [4.69, 9.17) is 0 Å². The molecule has 1 aliphatic heterocycles. The van der Waals surface area contributed by atoms with E-state index >= 15 is 0 Å². The minimum absolute atomic E-state index is 0.475. The van der Waals surface area contributed by atoms with Crippen LogP contribution in [0.5, 0.6) is 0 Å². The first-order chi connectivity index (χ1) is 8.76. The maximum atomic E-state index is 3.84. The van der Waals surface area contributed by atoms with Crippen LogP contribution in [0.25, 0.3) is 0 Å². The number of rotatable bonds is 5. The standard InChI is InChI=1S/C15H30N2S/c1-3-18-12-7-14(2)17-11-10-16-15(13-17)8-5-4-6-9-15/h14,16H,3-13H2,1-2H3. The molecule has 0 bridgehead atoms. The van der Waals surface area contributed by atoms with Gasteiger partial charge in [-0.2, -0.15) is 11.8 Å². The third-order valence-corrected chi connectivity index (χ3v) is 5.66. The molecule has 1 heterocycles. The van der Waals surface area contributed by atoms with Crippen molar-refractivity contribution >= 4 is 11.8 Å². The van der Waals surface area contributed by atoms with E-state index in [-0.39, 0.29) is 0 Å². The molecule has 2 rings (SSSR count). The summed E-state index contributed by atoms with van der Waals surface area (Å²) in [6, 6.07) is 0.768. The second kappa shape index (κ2) is 7.16. The van der Waals surface area contributed by atoms with E-state index < -0.39 is 0 Å². The Morgan fingerprint density at radius 3 is 2.78 bits per heavy atom. The fourth-order valence-corrected chi connectivity index (χ4v) is 4.31. The van der Waals surface area contributed by atoms with Crippen LogP contribution in [0.15, 0.2) is 0 Å². The molecule has 1 saturated heterocycles. The zero-order valence-corrected chi connectivity index (χ0v) is 13.0. The molecule has 2 nitrogen and oxygen atoms in total. The van der Waals surface area contributed by atoms with Crippen molar-refractivity contribution in [2.45, 2.75) is 64.0 Å². The van der Waals surface area contributed by atoms with Crippen molar-refractivity contribution < 1.29 is 0 Å². The van der Waals surface area contributed by atoms with E-state index in [1.165, 1.54) is 69.7 Å². The molecule has 1 N–H and O–H groups in total. The minimum Gasteiger partial charge on any atom is -0.309 e. The summed E-state index contributed by atoms with van der Waals surface area (Å²) < 4.78 is 0. The lowest BCUT2D eigenvalue weighted by Crippen LogP contribution is -2.62. The smallest absolute Gasteiger partial charge is 0.0309 e. The molecule has 18 heavy (non-hydrogen) atoms. The number of nitrogens with zero attached hydrogens (tertiary/aromatic N) is 1. The minimum atomic E-state index is 0.475. The van der Waals surface area contributed by atoms with Gasteiger partial charge in [-0.25, -0.2) is 0 Å². The monoisotopic (exact) mass is 270 g/mol. The number of hydrogen-bond donors (Lipinski definition) is 1. The van der Waals surface area contributed by atoms with Gasteiger partial charge in [0.05, 0.1) is 0 Å². The van der Waals surface area contributed by atoms with E-state index in [0.29, 0.717) is 5.54 Å². The van der Waals surface area contributed by atoms with Gasteiger partial charge in [0.2, 0.25) is 0 Å². The van der Waals surface area contributed by atoms with Crippen LogP contribution in [0.3, 0.4) is 0 Å². The normalized spacial score (nSPS) is 26.3. The zero-order chi connectivity index (χ0) is 12.8. The van der Waals surface area contributed by atoms with Gasteiger partial charge in [-0.1, -0.05) is 26.2 Å². The Hall–Kier alpha value is 0.270. The predicted molar refractivity (Wildman–Crippen MR) is 82.5 cm³/mol. The van der Waals surface area contributed by atoms with Crippen LogP contribution in [0.1, 0.15) is 52.4 Å². The molecule has 1 aliphatic carbocycles. The van der Waals surface area contributed by atoms with Gasteiger partial charge in [-0.15, -0.1) is 0 Å². The molecule has 2 fully saturated rings. The van der Waals surface area contributed by atoms with E-state index in [1.807, 2.05) is 0 Å². The lowest BCUT2D eigenvalue weighted by molar-refractivity contribution is 0.0723. The van der Waals surface area contributed by atoms with Crippen molar-refractivity contribution in [3.05, 3.63) is 0 Å². The molecule has 1 atom stereocenters. The second-order valence-electron chi connectivity index (χ2n) is 6.07. The van der Waals surface area contributed by atoms with Gasteiger partial charge in [0.15, 0.2) is 0 Å². The second-order valence-corrected chi connectivity index (χ2v) is 7.47. The Morgan fingerprint density at radius 1 is 1.28 bits per heavy atom. The Labute approximate surface area is 117 Å². The molecular weight excluding hydrogens is 240 g/mol. The molecule has 0 aromatic rings. The summed E-state index contributed by atoms with van der Waals surface area (Å²) in [5.74, 6) is 2.59. The maximum absolute atomic E-state index is 3.84. The molecule has 106 valence electrons. The van der Waals surface area contributed by atoms with E-state index in [1.54, 1.807) is 0 Å². The Bertz CT molecular complexity index is 233. The van der Waals surface area contributed by atoms with Crippen molar-refractivity contribution in [2.24, 2.45) is 0 Å². The van der Waals surface area contributed by atoms with Gasteiger partial charge in [0, 0.05) is 31.2 Å². The first kappa shape index (κ1) is 14.7. The summed E-state index contributed by atoms with van der Waals surface area (Å²) in [6.45, 7) is 8.44. The largest absolute Gasteiger partial charge is 0.309 e. The highest BCUT2D eigenvalue weighted by Gasteiger charge is 2.37. The van der Waals surface area contributed by atoms with Gasteiger partial charge < -0.3 is 5.32 Å². The van der Waals surface area contributed by atoms with E-state index in [0.717, 1.165) is 6.04 Å². The number of nitrogens with one attached hydrogen (secondary N) is 1. The van der Waals surface area contributed by atoms with Crippen LogP contribution in [-0.2, 0) is 0 Å². The maximum Gasteiger partial charge on any atom is 0.0309 e. The van der Waals surface area contributed by atoms with Gasteiger partial charge in [-0.3, -0.25) is 4.90 Å². The van der Waals surface area contributed by atoms with Crippen LogP contribution < -0.4 is 5.32 Å². The third-order valence-electron chi connectivity index (χ3n) is 4.72. The molecule has 3 heteroatoms. The molecule has 0 aromatic heterocycles. The van der Waals surface area contributed by atoms with Crippen molar-refractivity contribution in [3.8, 4) is 0 Å². The average molecular weight is 270 g/mol. The highest BCUT2D eigenvalue weighted by atomic mass is 32.2. The lowest BCUT2D eigenvalue weighted by Gasteiger charge is -2.48. The molecule has 0 radical (unpaired) electrons. The van der Waals surface area contributed by atoms with E-state index in [2.05, 4.69) is 35.8 Å². The first-order valence-electron chi connectivity index (χ1n) is 7.82. The number of hydrogen-bond acceptors (Lipinski definition) is 3. The van der Waals surface area contributed by atoms with Crippen LogP contribution in [0, 0.1) is 0 Å². The summed E-state index contributed by atoms with van der Waals surface area (Å²) in [5, 5.41) is 3.84. The highest BCUT2D eigenvalue weighted by molar-refractivity contribution is 7.99. The van der Waals surface area contributed by atoms with Crippen LogP contribution >= 0.6 is 11.8 Å². The van der Waals surface area contributed by atoms with Crippen molar-refractivity contribution in [1.29, 1.82) is 0 Å². The Balaban J connectivity index is 1.81. The van der Waals surface area contributed by atoms with Crippen molar-refractivity contribution in [1.82, 2.24) is 10.2 Å². The summed E-state index contributed by atoms with van der Waals surface area (Å²) in [4.78, 5) is 2.75. The van der Waals surface area contributed by atoms with Crippen molar-refractivity contribution in [3.63, 3.8) is 0 Å². The summed E-state index contributed by atoms with van der Waals surface area (Å²) in [7, 11) is 0. The summed E-state index contributed by atoms with van der Waals surface area (Å²) in [6.07, 6.45) is 8.47. The fraction of sp³-hybridized carbons (Fsp3) is 1.00. The number of piperazine rings is 1. The predicted octanol–water partition coefficient (Wildman–Crippen LogP) is 3.13. The molecule has 0 aromatic carbocycles. The molecule has 1 spiro atoms. The fourth-order valence-electron chi connectivity index (χ4n) is 3.51. The molecule has 2 aliphatic rings. The summed E-state index contributed by atoms with van der Waals surface area (Å²) >= 11 is 2.09.